The molecule has 17 heavy (non-hydrogen) atoms. The molecule has 1 rings (SSSR count). The second kappa shape index (κ2) is 5.27. The maximum Gasteiger partial charge on any atom is 0.360 e. The molecule has 0 amide bonds. The van der Waals surface area contributed by atoms with Crippen LogP contribution in [-0.2, 0) is 16.7 Å². The van der Waals surface area contributed by atoms with E-state index >= 15 is 0 Å². The van der Waals surface area contributed by atoms with Crippen LogP contribution in [0.3, 0.4) is 0 Å². The zero-order valence-corrected chi connectivity index (χ0v) is 10.7. The average Bonchev–Trinajstić information content (AvgIpc) is 2.62. The Morgan fingerprint density at radius 2 is 2.12 bits per heavy atom. The first kappa shape index (κ1) is 13.6. The second-order valence-electron chi connectivity index (χ2n) is 4.70. The summed E-state index contributed by atoms with van der Waals surface area (Å²) in [6.45, 7) is 8.20. The van der Waals surface area contributed by atoms with Gasteiger partial charge in [-0.25, -0.2) is 9.48 Å². The van der Waals surface area contributed by atoms with Crippen LogP contribution in [0.2, 0.25) is 0 Å². The van der Waals surface area contributed by atoms with E-state index in [1.54, 1.807) is 11.6 Å². The fourth-order valence-corrected chi connectivity index (χ4v) is 1.64. The maximum absolute atomic E-state index is 11.7. The van der Waals surface area contributed by atoms with Crippen LogP contribution in [0.25, 0.3) is 0 Å². The molecule has 96 valence electrons. The molecule has 0 atom stereocenters. The second-order valence-corrected chi connectivity index (χ2v) is 4.70. The molecule has 0 aliphatic rings. The van der Waals surface area contributed by atoms with Crippen LogP contribution >= 0.6 is 0 Å². The molecule has 0 bridgehead atoms. The fourth-order valence-electron chi connectivity index (χ4n) is 1.64. The predicted octanol–water partition coefficient (Wildman–Crippen LogP) is 0.745. The fraction of sp³-hybridized carbons (Fsp3) is 0.727. The number of aliphatic hydroxyl groups is 1. The molecule has 0 unspecified atom stereocenters. The number of carbonyl (C=O) groups excluding carboxylic acids is 1. The van der Waals surface area contributed by atoms with Gasteiger partial charge in [-0.3, -0.25) is 0 Å². The molecular weight excluding hydrogens is 222 g/mol. The van der Waals surface area contributed by atoms with Crippen molar-refractivity contribution in [2.24, 2.45) is 0 Å². The molecule has 1 aromatic rings. The number of aliphatic hydroxyl groups excluding tert-OH is 1. The van der Waals surface area contributed by atoms with Gasteiger partial charge in [0.1, 0.15) is 0 Å². The number of nitrogens with zero attached hydrogens (tertiary/aromatic N) is 3. The topological polar surface area (TPSA) is 77.2 Å². The van der Waals surface area contributed by atoms with Gasteiger partial charge in [0.05, 0.1) is 25.5 Å². The van der Waals surface area contributed by atoms with Crippen molar-refractivity contribution in [3.8, 4) is 0 Å². The third kappa shape index (κ3) is 3.03. The maximum atomic E-state index is 11.7. The lowest BCUT2D eigenvalue weighted by Gasteiger charge is -2.20. The summed E-state index contributed by atoms with van der Waals surface area (Å²) in [4.78, 5) is 11.7. The molecule has 1 heterocycles. The van der Waals surface area contributed by atoms with Crippen molar-refractivity contribution in [2.75, 3.05) is 13.2 Å². The third-order valence-electron chi connectivity index (χ3n) is 2.23. The first-order valence-electron chi connectivity index (χ1n) is 5.63. The van der Waals surface area contributed by atoms with Gasteiger partial charge in [0, 0.05) is 5.41 Å². The molecule has 0 radical (unpaired) electrons. The minimum Gasteiger partial charge on any atom is -0.461 e. The Kier molecular flexibility index (Phi) is 4.22. The average molecular weight is 241 g/mol. The van der Waals surface area contributed by atoms with Gasteiger partial charge in [0.25, 0.3) is 0 Å². The Bertz CT molecular complexity index is 393. The standard InChI is InChI=1S/C11H19N3O3/c1-5-17-10(16)8-9(11(2,3)4)14(6-7-15)13-12-8/h15H,5-7H2,1-4H3. The van der Waals surface area contributed by atoms with Gasteiger partial charge in [-0.05, 0) is 6.92 Å². The molecule has 0 spiro atoms. The zero-order chi connectivity index (χ0) is 13.1. The van der Waals surface area contributed by atoms with Gasteiger partial charge in [-0.2, -0.15) is 0 Å². The van der Waals surface area contributed by atoms with Crippen LogP contribution < -0.4 is 0 Å². The van der Waals surface area contributed by atoms with Gasteiger partial charge in [-0.15, -0.1) is 5.10 Å². The van der Waals surface area contributed by atoms with E-state index in [1.165, 1.54) is 0 Å². The lowest BCUT2D eigenvalue weighted by atomic mass is 9.90. The van der Waals surface area contributed by atoms with Crippen molar-refractivity contribution in [1.29, 1.82) is 0 Å². The molecule has 0 aromatic carbocycles. The molecular formula is C11H19N3O3. The lowest BCUT2D eigenvalue weighted by Crippen LogP contribution is -2.23. The largest absolute Gasteiger partial charge is 0.461 e. The molecule has 0 saturated heterocycles. The lowest BCUT2D eigenvalue weighted by molar-refractivity contribution is 0.0516. The minimum absolute atomic E-state index is 0.0469. The van der Waals surface area contributed by atoms with Crippen molar-refractivity contribution in [2.45, 2.75) is 39.7 Å². The summed E-state index contributed by atoms with van der Waals surface area (Å²) in [6.07, 6.45) is 0. The van der Waals surface area contributed by atoms with Crippen molar-refractivity contribution in [1.82, 2.24) is 15.0 Å². The van der Waals surface area contributed by atoms with Crippen molar-refractivity contribution in [3.63, 3.8) is 0 Å². The van der Waals surface area contributed by atoms with Gasteiger partial charge < -0.3 is 9.84 Å². The van der Waals surface area contributed by atoms with Crippen LogP contribution in [0.5, 0.6) is 0 Å². The minimum atomic E-state index is -0.471. The zero-order valence-electron chi connectivity index (χ0n) is 10.7. The van der Waals surface area contributed by atoms with Crippen LogP contribution in [0.4, 0.5) is 0 Å². The molecule has 0 aliphatic carbocycles. The SMILES string of the molecule is CCOC(=O)c1nnn(CCO)c1C(C)(C)C. The summed E-state index contributed by atoms with van der Waals surface area (Å²) < 4.78 is 6.49. The third-order valence-corrected chi connectivity index (χ3v) is 2.23. The van der Waals surface area contributed by atoms with E-state index in [0.29, 0.717) is 18.8 Å². The summed E-state index contributed by atoms with van der Waals surface area (Å²) in [5.41, 5.74) is 0.624. The highest BCUT2D eigenvalue weighted by Gasteiger charge is 2.29. The van der Waals surface area contributed by atoms with E-state index < -0.39 is 5.97 Å². The molecule has 6 heteroatoms. The summed E-state index contributed by atoms with van der Waals surface area (Å²) in [5.74, 6) is -0.471. The van der Waals surface area contributed by atoms with Crippen molar-refractivity contribution >= 4 is 5.97 Å². The van der Waals surface area contributed by atoms with E-state index in [-0.39, 0.29) is 17.7 Å². The Morgan fingerprint density at radius 1 is 1.47 bits per heavy atom. The predicted molar refractivity (Wildman–Crippen MR) is 61.8 cm³/mol. The van der Waals surface area contributed by atoms with Gasteiger partial charge in [0.2, 0.25) is 0 Å². The smallest absolute Gasteiger partial charge is 0.360 e. The number of carbonyl (C=O) groups is 1. The van der Waals surface area contributed by atoms with Crippen molar-refractivity contribution < 1.29 is 14.6 Å². The number of ether oxygens (including phenoxy) is 1. The first-order chi connectivity index (χ1) is 7.91. The van der Waals surface area contributed by atoms with Crippen LogP contribution in [0.1, 0.15) is 43.9 Å². The Morgan fingerprint density at radius 3 is 2.59 bits per heavy atom. The van der Waals surface area contributed by atoms with Gasteiger partial charge in [-0.1, -0.05) is 26.0 Å². The normalized spacial score (nSPS) is 11.6. The summed E-state index contributed by atoms with van der Waals surface area (Å²) >= 11 is 0. The first-order valence-corrected chi connectivity index (χ1v) is 5.63. The number of esters is 1. The highest BCUT2D eigenvalue weighted by atomic mass is 16.5. The van der Waals surface area contributed by atoms with E-state index in [4.69, 9.17) is 9.84 Å². The van der Waals surface area contributed by atoms with Gasteiger partial charge in [0.15, 0.2) is 5.69 Å². The number of hydrogen-bond acceptors (Lipinski definition) is 5. The number of hydrogen-bond donors (Lipinski definition) is 1. The summed E-state index contributed by atoms with van der Waals surface area (Å²) in [7, 11) is 0. The van der Waals surface area contributed by atoms with Crippen LogP contribution in [-0.4, -0.2) is 39.3 Å². The summed E-state index contributed by atoms with van der Waals surface area (Å²) in [5, 5.41) is 16.7. The van der Waals surface area contributed by atoms with E-state index in [1.807, 2.05) is 20.8 Å². The summed E-state index contributed by atoms with van der Waals surface area (Å²) in [6, 6.07) is 0. The van der Waals surface area contributed by atoms with E-state index in [9.17, 15) is 4.79 Å². The highest BCUT2D eigenvalue weighted by molar-refractivity contribution is 5.88. The van der Waals surface area contributed by atoms with Crippen LogP contribution in [0.15, 0.2) is 0 Å². The quantitative estimate of drug-likeness (QED) is 0.787. The molecule has 0 saturated carbocycles. The Hall–Kier alpha value is -1.43. The van der Waals surface area contributed by atoms with E-state index in [2.05, 4.69) is 10.3 Å². The molecule has 0 fully saturated rings. The monoisotopic (exact) mass is 241 g/mol. The molecule has 6 nitrogen and oxygen atoms in total. The van der Waals surface area contributed by atoms with Gasteiger partial charge >= 0.3 is 5.97 Å². The molecule has 1 aromatic heterocycles. The number of aromatic nitrogens is 3. The Labute approximate surface area is 101 Å². The number of rotatable bonds is 4. The Balaban J connectivity index is 3.18. The molecule has 0 aliphatic heterocycles. The van der Waals surface area contributed by atoms with Crippen LogP contribution in [0, 0.1) is 0 Å². The molecule has 1 N–H and O–H groups in total. The van der Waals surface area contributed by atoms with E-state index in [0.717, 1.165) is 0 Å². The highest BCUT2D eigenvalue weighted by Crippen LogP contribution is 2.25. The van der Waals surface area contributed by atoms with Crippen molar-refractivity contribution in [3.05, 3.63) is 11.4 Å².